The molecule has 31 heavy (non-hydrogen) atoms. The molecule has 0 saturated carbocycles. The summed E-state index contributed by atoms with van der Waals surface area (Å²) in [4.78, 5) is 26.4. The van der Waals surface area contributed by atoms with Gasteiger partial charge in [-0.2, -0.15) is 5.10 Å². The molecule has 0 unspecified atom stereocenters. The zero-order valence-corrected chi connectivity index (χ0v) is 20.3. The lowest BCUT2D eigenvalue weighted by Crippen LogP contribution is -2.15. The number of rotatable bonds is 5. The van der Waals surface area contributed by atoms with Crippen LogP contribution in [0.2, 0.25) is 0 Å². The molecule has 0 saturated heterocycles. The Morgan fingerprint density at radius 1 is 1.39 bits per heavy atom. The van der Waals surface area contributed by atoms with Crippen LogP contribution in [0.15, 0.2) is 21.0 Å². The van der Waals surface area contributed by atoms with Gasteiger partial charge in [-0.25, -0.2) is 4.79 Å². The van der Waals surface area contributed by atoms with Crippen LogP contribution >= 0.6 is 27.3 Å². The number of thiophene rings is 1. The second-order valence-corrected chi connectivity index (χ2v) is 9.81. The van der Waals surface area contributed by atoms with E-state index < -0.39 is 11.9 Å². The number of esters is 1. The molecule has 1 amide bonds. The molecule has 4 rings (SSSR count). The number of aromatic nitrogens is 2. The van der Waals surface area contributed by atoms with E-state index in [9.17, 15) is 9.59 Å². The summed E-state index contributed by atoms with van der Waals surface area (Å²) in [7, 11) is 1.36. The summed E-state index contributed by atoms with van der Waals surface area (Å²) in [6.07, 6.45) is 2.74. The number of furan rings is 1. The van der Waals surface area contributed by atoms with Gasteiger partial charge >= 0.3 is 5.97 Å². The molecule has 0 fully saturated rings. The molecule has 0 bridgehead atoms. The molecule has 1 atom stereocenters. The number of nitrogens with one attached hydrogen (secondary N) is 1. The van der Waals surface area contributed by atoms with Crippen LogP contribution in [0.3, 0.4) is 0 Å². The van der Waals surface area contributed by atoms with E-state index in [0.717, 1.165) is 45.6 Å². The highest BCUT2D eigenvalue weighted by molar-refractivity contribution is 9.10. The zero-order valence-electron chi connectivity index (χ0n) is 17.9. The lowest BCUT2D eigenvalue weighted by Gasteiger charge is -2.18. The number of fused-ring (bicyclic) bond motifs is 1. The predicted molar refractivity (Wildman–Crippen MR) is 122 cm³/mol. The Hall–Kier alpha value is -2.39. The van der Waals surface area contributed by atoms with E-state index in [1.807, 2.05) is 18.5 Å². The maximum absolute atomic E-state index is 12.9. The van der Waals surface area contributed by atoms with Gasteiger partial charge in [-0.15, -0.1) is 11.3 Å². The Morgan fingerprint density at radius 2 is 2.16 bits per heavy atom. The zero-order chi connectivity index (χ0) is 22.3. The first-order chi connectivity index (χ1) is 14.8. The summed E-state index contributed by atoms with van der Waals surface area (Å²) in [6, 6.07) is 3.40. The maximum atomic E-state index is 12.9. The van der Waals surface area contributed by atoms with Gasteiger partial charge in [0, 0.05) is 4.88 Å². The Labute approximate surface area is 192 Å². The molecule has 1 aliphatic carbocycles. The van der Waals surface area contributed by atoms with Crippen molar-refractivity contribution in [1.29, 1.82) is 0 Å². The van der Waals surface area contributed by atoms with E-state index in [-0.39, 0.29) is 5.76 Å². The first-order valence-corrected chi connectivity index (χ1v) is 11.7. The third kappa shape index (κ3) is 4.21. The Morgan fingerprint density at radius 3 is 2.84 bits per heavy atom. The number of carbonyl (C=O) groups is 2. The number of halogens is 1. The summed E-state index contributed by atoms with van der Waals surface area (Å²) < 4.78 is 13.5. The topological polar surface area (TPSA) is 86.4 Å². The molecule has 164 valence electrons. The van der Waals surface area contributed by atoms with Gasteiger partial charge in [-0.3, -0.25) is 9.48 Å². The van der Waals surface area contributed by atoms with E-state index >= 15 is 0 Å². The number of anilines is 1. The first kappa shape index (κ1) is 21.8. The summed E-state index contributed by atoms with van der Waals surface area (Å²) in [5.41, 5.74) is 3.36. The highest BCUT2D eigenvalue weighted by Crippen LogP contribution is 2.40. The van der Waals surface area contributed by atoms with E-state index in [2.05, 4.69) is 33.3 Å². The van der Waals surface area contributed by atoms with Crippen molar-refractivity contribution in [1.82, 2.24) is 9.78 Å². The van der Waals surface area contributed by atoms with Gasteiger partial charge in [0.25, 0.3) is 5.91 Å². The molecule has 0 aromatic carbocycles. The molecule has 3 aromatic heterocycles. The molecule has 3 heterocycles. The number of methoxy groups -OCH3 is 1. The molecule has 9 heteroatoms. The minimum absolute atomic E-state index is 0.186. The number of ether oxygens (including phenoxy) is 1. The second-order valence-electron chi connectivity index (χ2n) is 7.91. The van der Waals surface area contributed by atoms with Crippen LogP contribution in [-0.2, 0) is 24.1 Å². The summed E-state index contributed by atoms with van der Waals surface area (Å²) >= 11 is 4.97. The molecular formula is C22H24BrN3O4S. The van der Waals surface area contributed by atoms with Crippen molar-refractivity contribution in [2.45, 2.75) is 46.6 Å². The van der Waals surface area contributed by atoms with Crippen LogP contribution < -0.4 is 5.32 Å². The van der Waals surface area contributed by atoms with Crippen LogP contribution in [0.1, 0.15) is 61.8 Å². The van der Waals surface area contributed by atoms with Gasteiger partial charge in [-0.1, -0.05) is 6.92 Å². The number of carbonyl (C=O) groups excluding carboxylic acids is 2. The molecule has 7 nitrogen and oxygen atoms in total. The van der Waals surface area contributed by atoms with Crippen molar-refractivity contribution >= 4 is 44.1 Å². The van der Waals surface area contributed by atoms with Gasteiger partial charge in [0.1, 0.15) is 10.8 Å². The van der Waals surface area contributed by atoms with Gasteiger partial charge in [0.05, 0.1) is 35.1 Å². The minimum atomic E-state index is -0.419. The summed E-state index contributed by atoms with van der Waals surface area (Å²) in [6.45, 7) is 6.51. The van der Waals surface area contributed by atoms with Crippen LogP contribution in [0.5, 0.6) is 0 Å². The number of hydrogen-bond acceptors (Lipinski definition) is 6. The maximum Gasteiger partial charge on any atom is 0.341 e. The highest BCUT2D eigenvalue weighted by Gasteiger charge is 2.29. The smallest absolute Gasteiger partial charge is 0.341 e. The number of hydrogen-bond donors (Lipinski definition) is 1. The summed E-state index contributed by atoms with van der Waals surface area (Å²) in [5, 5.41) is 7.87. The van der Waals surface area contributed by atoms with Crippen molar-refractivity contribution in [3.05, 3.63) is 55.5 Å². The standard InChI is InChI=1S/C22H24BrN3O4S/c1-11-5-7-15-17(9-11)31-21(18(15)22(28)29-4)24-20(27)16-8-6-14(30-16)10-26-13(3)19(23)12(2)25-26/h6,8,11H,5,7,9-10H2,1-4H3,(H,24,27)/t11-/m1/s1. The predicted octanol–water partition coefficient (Wildman–Crippen LogP) is 5.13. The molecule has 1 N–H and O–H groups in total. The third-order valence-electron chi connectivity index (χ3n) is 5.61. The van der Waals surface area contributed by atoms with Crippen molar-refractivity contribution in [3.8, 4) is 0 Å². The van der Waals surface area contributed by atoms with Gasteiger partial charge in [0.2, 0.25) is 0 Å². The first-order valence-electron chi connectivity index (χ1n) is 10.1. The SMILES string of the molecule is COC(=O)c1c(NC(=O)c2ccc(Cn3nc(C)c(Br)c3C)o2)sc2c1CC[C@@H](C)C2. The molecule has 3 aromatic rings. The Balaban J connectivity index is 1.55. The molecule has 0 spiro atoms. The Kier molecular flexibility index (Phi) is 6.07. The lowest BCUT2D eigenvalue weighted by atomic mass is 9.88. The third-order valence-corrected chi connectivity index (χ3v) is 7.93. The van der Waals surface area contributed by atoms with E-state index in [1.165, 1.54) is 18.4 Å². The van der Waals surface area contributed by atoms with E-state index in [4.69, 9.17) is 9.15 Å². The number of amides is 1. The molecule has 0 aliphatic heterocycles. The minimum Gasteiger partial charge on any atom is -0.465 e. The fraction of sp³-hybridized carbons (Fsp3) is 0.409. The number of nitrogens with zero attached hydrogens (tertiary/aromatic N) is 2. The van der Waals surface area contributed by atoms with Crippen LogP contribution in [0.4, 0.5) is 5.00 Å². The van der Waals surface area contributed by atoms with Crippen molar-refractivity contribution < 1.29 is 18.7 Å². The molecule has 1 aliphatic rings. The lowest BCUT2D eigenvalue weighted by molar-refractivity contribution is 0.0601. The second kappa shape index (κ2) is 8.63. The monoisotopic (exact) mass is 505 g/mol. The van der Waals surface area contributed by atoms with Gasteiger partial charge < -0.3 is 14.5 Å². The van der Waals surface area contributed by atoms with Crippen molar-refractivity contribution in [3.63, 3.8) is 0 Å². The summed E-state index contributed by atoms with van der Waals surface area (Å²) in [5.74, 6) is 0.555. The molecular weight excluding hydrogens is 482 g/mol. The average molecular weight is 506 g/mol. The van der Waals surface area contributed by atoms with Crippen LogP contribution in [0.25, 0.3) is 0 Å². The Bertz CT molecular complexity index is 1160. The highest BCUT2D eigenvalue weighted by atomic mass is 79.9. The fourth-order valence-corrected chi connectivity index (χ4v) is 5.56. The normalized spacial score (nSPS) is 15.6. The van der Waals surface area contributed by atoms with Crippen LogP contribution in [-0.4, -0.2) is 28.8 Å². The fourth-order valence-electron chi connectivity index (χ4n) is 3.88. The van der Waals surface area contributed by atoms with Crippen molar-refractivity contribution in [2.75, 3.05) is 12.4 Å². The van der Waals surface area contributed by atoms with Gasteiger partial charge in [0.15, 0.2) is 5.76 Å². The van der Waals surface area contributed by atoms with Crippen LogP contribution in [0, 0.1) is 19.8 Å². The average Bonchev–Trinajstić information content (AvgIpc) is 3.41. The number of aryl methyl sites for hydroxylation is 1. The van der Waals surface area contributed by atoms with Crippen molar-refractivity contribution in [2.24, 2.45) is 5.92 Å². The quantitative estimate of drug-likeness (QED) is 0.485. The molecule has 0 radical (unpaired) electrons. The van der Waals surface area contributed by atoms with E-state index in [1.54, 1.807) is 12.1 Å². The van der Waals surface area contributed by atoms with E-state index in [0.29, 0.717) is 28.8 Å². The van der Waals surface area contributed by atoms with Gasteiger partial charge in [-0.05, 0) is 72.7 Å². The largest absolute Gasteiger partial charge is 0.465 e.